The van der Waals surface area contributed by atoms with Crippen molar-refractivity contribution in [1.29, 1.82) is 0 Å². The van der Waals surface area contributed by atoms with Crippen LogP contribution in [0.2, 0.25) is 0 Å². The van der Waals surface area contributed by atoms with Gasteiger partial charge in [0, 0.05) is 43.3 Å². The molecule has 1 aliphatic heterocycles. The number of hydrogen-bond donors (Lipinski definition) is 1. The van der Waals surface area contributed by atoms with E-state index in [1.165, 1.54) is 0 Å². The molecule has 0 unspecified atom stereocenters. The molecule has 158 valence electrons. The molecular weight excluding hydrogens is 394 g/mol. The maximum absolute atomic E-state index is 13.3. The monoisotopic (exact) mass is 421 g/mol. The number of hydrogen-bond acceptors (Lipinski definition) is 7. The Bertz CT molecular complexity index is 1090. The Hall–Kier alpha value is -2.39. The number of rotatable bonds is 6. The molecule has 0 amide bonds. The average Bonchev–Trinajstić information content (AvgIpc) is 3.03. The first-order valence-electron chi connectivity index (χ1n) is 9.57. The van der Waals surface area contributed by atoms with E-state index in [0.717, 1.165) is 5.69 Å². The molecule has 9 heteroatoms. The smallest absolute Gasteiger partial charge is 0.355 e. The minimum atomic E-state index is -3.05. The lowest BCUT2D eigenvalue weighted by atomic mass is 10.1. The lowest BCUT2D eigenvalue weighted by Gasteiger charge is -2.24. The molecule has 1 aromatic heterocycles. The zero-order chi connectivity index (χ0) is 21.3. The second kappa shape index (κ2) is 8.16. The van der Waals surface area contributed by atoms with Crippen molar-refractivity contribution >= 4 is 32.4 Å². The minimum absolute atomic E-state index is 0.0640. The summed E-state index contributed by atoms with van der Waals surface area (Å²) in [5.41, 5.74) is 1.58. The maximum atomic E-state index is 13.3. The Labute approximate surface area is 170 Å². The first-order valence-corrected chi connectivity index (χ1v) is 11.4. The zero-order valence-corrected chi connectivity index (χ0v) is 18.0. The van der Waals surface area contributed by atoms with Crippen LogP contribution in [0.15, 0.2) is 23.0 Å². The lowest BCUT2D eigenvalue weighted by Crippen LogP contribution is -2.35. The van der Waals surface area contributed by atoms with Crippen molar-refractivity contribution in [2.45, 2.75) is 25.9 Å². The van der Waals surface area contributed by atoms with E-state index >= 15 is 0 Å². The number of fused-ring (bicyclic) bond motifs is 1. The molecule has 0 radical (unpaired) electrons. The highest BCUT2D eigenvalue weighted by atomic mass is 32.2. The standard InChI is InChI=1S/C20H27N3O5S/c1-5-28-20(25)18-16(11-23(4)14-8-9-29(26,27)12-14)19(24)15-10-13(22(2)3)6-7-17(15)21-18/h6-7,10,14H,5,8-9,11-12H2,1-4H3,(H,21,24)/t14-/m1/s1. The van der Waals surface area contributed by atoms with Gasteiger partial charge in [0.25, 0.3) is 0 Å². The fourth-order valence-electron chi connectivity index (χ4n) is 3.62. The highest BCUT2D eigenvalue weighted by Gasteiger charge is 2.32. The predicted molar refractivity (Wildman–Crippen MR) is 113 cm³/mol. The summed E-state index contributed by atoms with van der Waals surface area (Å²) in [6.07, 6.45) is 0.518. The number of carbonyl (C=O) groups is 1. The molecule has 0 aliphatic carbocycles. The van der Waals surface area contributed by atoms with Gasteiger partial charge in [0.2, 0.25) is 0 Å². The Morgan fingerprint density at radius 3 is 2.59 bits per heavy atom. The second-order valence-corrected chi connectivity index (χ2v) is 9.85. The van der Waals surface area contributed by atoms with Gasteiger partial charge in [-0.1, -0.05) is 0 Å². The van der Waals surface area contributed by atoms with Gasteiger partial charge in [-0.15, -0.1) is 0 Å². The highest BCUT2D eigenvalue weighted by molar-refractivity contribution is 7.91. The molecule has 0 saturated carbocycles. The number of sulfone groups is 1. The molecule has 8 nitrogen and oxygen atoms in total. The number of anilines is 1. The van der Waals surface area contributed by atoms with Gasteiger partial charge in [-0.25, -0.2) is 13.2 Å². The Morgan fingerprint density at radius 1 is 1.28 bits per heavy atom. The second-order valence-electron chi connectivity index (χ2n) is 7.62. The van der Waals surface area contributed by atoms with Crippen LogP contribution in [0.25, 0.3) is 10.9 Å². The van der Waals surface area contributed by atoms with Crippen LogP contribution >= 0.6 is 0 Å². The van der Waals surface area contributed by atoms with Crippen LogP contribution in [0.4, 0.5) is 5.69 Å². The number of pyridine rings is 1. The van der Waals surface area contributed by atoms with Crippen LogP contribution < -0.4 is 10.3 Å². The van der Waals surface area contributed by atoms with Gasteiger partial charge in [-0.05, 0) is 38.6 Å². The van der Waals surface area contributed by atoms with Crippen molar-refractivity contribution < 1.29 is 17.9 Å². The van der Waals surface area contributed by atoms with Crippen LogP contribution in [0.3, 0.4) is 0 Å². The molecule has 29 heavy (non-hydrogen) atoms. The molecule has 0 bridgehead atoms. The maximum Gasteiger partial charge on any atom is 0.355 e. The van der Waals surface area contributed by atoms with Crippen LogP contribution in [0, 0.1) is 0 Å². The Kier molecular flexibility index (Phi) is 6.00. The number of nitrogens with zero attached hydrogens (tertiary/aromatic N) is 2. The van der Waals surface area contributed by atoms with E-state index in [-0.39, 0.29) is 41.8 Å². The van der Waals surface area contributed by atoms with Crippen molar-refractivity contribution in [3.05, 3.63) is 39.7 Å². The lowest BCUT2D eigenvalue weighted by molar-refractivity contribution is 0.0517. The summed E-state index contributed by atoms with van der Waals surface area (Å²) in [6.45, 7) is 2.05. The summed E-state index contributed by atoms with van der Waals surface area (Å²) in [5, 5.41) is 0.478. The van der Waals surface area contributed by atoms with Gasteiger partial charge in [0.15, 0.2) is 15.3 Å². The molecule has 1 atom stereocenters. The Morgan fingerprint density at radius 2 is 2.00 bits per heavy atom. The first-order chi connectivity index (χ1) is 13.6. The largest absolute Gasteiger partial charge is 0.461 e. The Balaban J connectivity index is 2.08. The number of aromatic nitrogens is 1. The summed E-state index contributed by atoms with van der Waals surface area (Å²) >= 11 is 0. The molecular formula is C20H27N3O5S. The molecule has 1 aromatic carbocycles. The van der Waals surface area contributed by atoms with E-state index in [0.29, 0.717) is 22.9 Å². The number of nitrogens with one attached hydrogen (secondary N) is 1. The highest BCUT2D eigenvalue weighted by Crippen LogP contribution is 2.22. The minimum Gasteiger partial charge on any atom is -0.461 e. The van der Waals surface area contributed by atoms with E-state index in [1.54, 1.807) is 26.1 Å². The van der Waals surface area contributed by atoms with Crippen LogP contribution in [-0.4, -0.2) is 69.6 Å². The molecule has 2 heterocycles. The predicted octanol–water partition coefficient (Wildman–Crippen LogP) is 1.39. The normalized spacial score (nSPS) is 18.3. The molecule has 3 rings (SSSR count). The molecule has 1 N–H and O–H groups in total. The number of carbonyl (C=O) groups excluding carboxylic acids is 1. The van der Waals surface area contributed by atoms with Gasteiger partial charge in [0.05, 0.1) is 23.6 Å². The molecule has 2 aromatic rings. The van der Waals surface area contributed by atoms with Crippen LogP contribution in [-0.2, 0) is 21.1 Å². The number of benzene rings is 1. The van der Waals surface area contributed by atoms with Crippen molar-refractivity contribution in [3.8, 4) is 0 Å². The number of esters is 1. The van der Waals surface area contributed by atoms with E-state index in [2.05, 4.69) is 4.98 Å². The number of ether oxygens (including phenoxy) is 1. The summed E-state index contributed by atoms with van der Waals surface area (Å²) in [7, 11) is 2.50. The van der Waals surface area contributed by atoms with Crippen molar-refractivity contribution in [2.24, 2.45) is 0 Å². The summed E-state index contributed by atoms with van der Waals surface area (Å²) in [6, 6.07) is 5.24. The fourth-order valence-corrected chi connectivity index (χ4v) is 5.43. The fraction of sp³-hybridized carbons (Fsp3) is 0.500. The molecule has 1 aliphatic rings. The van der Waals surface area contributed by atoms with Gasteiger partial charge in [-0.3, -0.25) is 9.69 Å². The van der Waals surface area contributed by atoms with E-state index in [1.807, 2.05) is 30.0 Å². The third-order valence-corrected chi connectivity index (χ3v) is 7.07. The molecule has 1 fully saturated rings. The molecule has 0 spiro atoms. The van der Waals surface area contributed by atoms with Crippen molar-refractivity contribution in [2.75, 3.05) is 44.2 Å². The summed E-state index contributed by atoms with van der Waals surface area (Å²) < 4.78 is 28.8. The van der Waals surface area contributed by atoms with Crippen LogP contribution in [0.5, 0.6) is 0 Å². The number of aromatic amines is 1. The van der Waals surface area contributed by atoms with E-state index in [9.17, 15) is 18.0 Å². The molecule has 1 saturated heterocycles. The van der Waals surface area contributed by atoms with Gasteiger partial charge in [0.1, 0.15) is 5.69 Å². The quantitative estimate of drug-likeness (QED) is 0.704. The van der Waals surface area contributed by atoms with E-state index in [4.69, 9.17) is 4.74 Å². The third-order valence-electron chi connectivity index (χ3n) is 5.32. The average molecular weight is 422 g/mol. The zero-order valence-electron chi connectivity index (χ0n) is 17.2. The van der Waals surface area contributed by atoms with Gasteiger partial charge < -0.3 is 14.6 Å². The third kappa shape index (κ3) is 4.45. The van der Waals surface area contributed by atoms with E-state index < -0.39 is 15.8 Å². The van der Waals surface area contributed by atoms with Crippen molar-refractivity contribution in [1.82, 2.24) is 9.88 Å². The summed E-state index contributed by atoms with van der Waals surface area (Å²) in [4.78, 5) is 32.6. The van der Waals surface area contributed by atoms with Crippen molar-refractivity contribution in [3.63, 3.8) is 0 Å². The van der Waals surface area contributed by atoms with Gasteiger partial charge >= 0.3 is 5.97 Å². The van der Waals surface area contributed by atoms with Gasteiger partial charge in [-0.2, -0.15) is 0 Å². The van der Waals surface area contributed by atoms with Crippen LogP contribution in [0.1, 0.15) is 29.4 Å². The topological polar surface area (TPSA) is 99.8 Å². The number of H-pyrrole nitrogens is 1. The SMILES string of the molecule is CCOC(=O)c1[nH]c2ccc(N(C)C)cc2c(=O)c1CN(C)[C@@H]1CCS(=O)(=O)C1. The first kappa shape index (κ1) is 21.3. The summed E-state index contributed by atoms with van der Waals surface area (Å²) in [5.74, 6) is -0.382.